The van der Waals surface area contributed by atoms with Gasteiger partial charge in [0.25, 0.3) is 0 Å². The molecule has 2 aromatic rings. The number of aryl methyl sites for hydroxylation is 1. The highest BCUT2D eigenvalue weighted by Gasteiger charge is 1.98. The van der Waals surface area contributed by atoms with Crippen LogP contribution in [0.3, 0.4) is 0 Å². The summed E-state index contributed by atoms with van der Waals surface area (Å²) in [5.74, 6) is 0. The van der Waals surface area contributed by atoms with Crippen LogP contribution >= 0.6 is 0 Å². The van der Waals surface area contributed by atoms with E-state index >= 15 is 0 Å². The fourth-order valence-corrected chi connectivity index (χ4v) is 1.01. The van der Waals surface area contributed by atoms with Gasteiger partial charge >= 0.3 is 0 Å². The van der Waals surface area contributed by atoms with Crippen LogP contribution in [0.15, 0.2) is 31.0 Å². The fraction of sp³-hybridized carbons (Fsp3) is 0.125. The van der Waals surface area contributed by atoms with Gasteiger partial charge in [-0.1, -0.05) is 0 Å². The minimum atomic E-state index is 0.901. The Morgan fingerprint density at radius 1 is 1.42 bits per heavy atom. The highest BCUT2D eigenvalue weighted by atomic mass is 15.2. The van der Waals surface area contributed by atoms with Crippen molar-refractivity contribution in [2.45, 2.75) is 0 Å². The second kappa shape index (κ2) is 2.73. The molecule has 0 aliphatic rings. The minimum Gasteiger partial charge on any atom is -0.275 e. The maximum Gasteiger partial charge on any atom is 0.116 e. The average molecular weight is 160 g/mol. The number of hydrogen-bond donors (Lipinski definition) is 0. The van der Waals surface area contributed by atoms with Crippen molar-refractivity contribution in [2.75, 3.05) is 0 Å². The van der Waals surface area contributed by atoms with Crippen LogP contribution in [0.4, 0.5) is 0 Å². The van der Waals surface area contributed by atoms with Gasteiger partial charge in [0.2, 0.25) is 0 Å². The lowest BCUT2D eigenvalue weighted by Gasteiger charge is -1.91. The summed E-state index contributed by atoms with van der Waals surface area (Å²) in [7, 11) is 1.88. The van der Waals surface area contributed by atoms with Crippen LogP contribution in [0.2, 0.25) is 0 Å². The third-order valence-corrected chi connectivity index (χ3v) is 1.58. The first-order valence-electron chi connectivity index (χ1n) is 3.61. The molecule has 0 saturated carbocycles. The Balaban J connectivity index is 2.45. The molecule has 0 fully saturated rings. The Morgan fingerprint density at radius 2 is 2.33 bits per heavy atom. The SMILES string of the molecule is Cn1cc(-c2ccncn2)cn1. The first kappa shape index (κ1) is 6.97. The first-order chi connectivity index (χ1) is 5.86. The van der Waals surface area contributed by atoms with Crippen molar-refractivity contribution in [3.05, 3.63) is 31.0 Å². The Bertz CT molecular complexity index is 366. The standard InChI is InChI=1S/C8H8N4/c1-12-5-7(4-11-12)8-2-3-9-6-10-8/h2-6H,1H3. The maximum atomic E-state index is 4.10. The molecule has 0 bridgehead atoms. The maximum absolute atomic E-state index is 4.10. The average Bonchev–Trinajstić information content (AvgIpc) is 2.54. The summed E-state index contributed by atoms with van der Waals surface area (Å²) in [6.45, 7) is 0. The van der Waals surface area contributed by atoms with E-state index in [1.807, 2.05) is 19.3 Å². The van der Waals surface area contributed by atoms with Gasteiger partial charge in [0.15, 0.2) is 0 Å². The summed E-state index contributed by atoms with van der Waals surface area (Å²) in [5, 5.41) is 4.05. The Kier molecular flexibility index (Phi) is 1.59. The van der Waals surface area contributed by atoms with Crippen molar-refractivity contribution in [3.8, 4) is 11.3 Å². The zero-order chi connectivity index (χ0) is 8.39. The quantitative estimate of drug-likeness (QED) is 0.622. The normalized spacial score (nSPS) is 10.1. The molecule has 0 amide bonds. The number of hydrogen-bond acceptors (Lipinski definition) is 3. The van der Waals surface area contributed by atoms with Gasteiger partial charge in [-0.25, -0.2) is 9.97 Å². The number of nitrogens with zero attached hydrogens (tertiary/aromatic N) is 4. The van der Waals surface area contributed by atoms with Crippen LogP contribution in [-0.4, -0.2) is 19.7 Å². The van der Waals surface area contributed by atoms with Crippen LogP contribution in [-0.2, 0) is 7.05 Å². The van der Waals surface area contributed by atoms with Gasteiger partial charge in [-0.3, -0.25) is 4.68 Å². The van der Waals surface area contributed by atoms with Gasteiger partial charge in [0, 0.05) is 25.0 Å². The van der Waals surface area contributed by atoms with Crippen LogP contribution < -0.4 is 0 Å². The van der Waals surface area contributed by atoms with E-state index in [4.69, 9.17) is 0 Å². The molecular formula is C8H8N4. The summed E-state index contributed by atoms with van der Waals surface area (Å²) < 4.78 is 1.75. The lowest BCUT2D eigenvalue weighted by molar-refractivity contribution is 0.768. The van der Waals surface area contributed by atoms with E-state index < -0.39 is 0 Å². The second-order valence-corrected chi connectivity index (χ2v) is 2.50. The summed E-state index contributed by atoms with van der Waals surface area (Å²) in [6.07, 6.45) is 6.95. The molecule has 0 aliphatic heterocycles. The Labute approximate surface area is 69.9 Å². The van der Waals surface area contributed by atoms with Gasteiger partial charge in [-0.15, -0.1) is 0 Å². The molecule has 0 aliphatic carbocycles. The topological polar surface area (TPSA) is 43.6 Å². The van der Waals surface area contributed by atoms with Gasteiger partial charge in [0.05, 0.1) is 11.9 Å². The second-order valence-electron chi connectivity index (χ2n) is 2.50. The van der Waals surface area contributed by atoms with Gasteiger partial charge in [0.1, 0.15) is 6.33 Å². The molecule has 2 heterocycles. The van der Waals surface area contributed by atoms with Gasteiger partial charge < -0.3 is 0 Å². The van der Waals surface area contributed by atoms with E-state index in [0.29, 0.717) is 0 Å². The van der Waals surface area contributed by atoms with E-state index in [-0.39, 0.29) is 0 Å². The predicted molar refractivity (Wildman–Crippen MR) is 44.2 cm³/mol. The lowest BCUT2D eigenvalue weighted by Crippen LogP contribution is -1.84. The van der Waals surface area contributed by atoms with Crippen molar-refractivity contribution in [1.82, 2.24) is 19.7 Å². The molecular weight excluding hydrogens is 152 g/mol. The predicted octanol–water partition coefficient (Wildman–Crippen LogP) is 0.877. The summed E-state index contributed by atoms with van der Waals surface area (Å²) in [5.41, 5.74) is 1.91. The summed E-state index contributed by atoms with van der Waals surface area (Å²) in [4.78, 5) is 7.94. The first-order valence-corrected chi connectivity index (χ1v) is 3.61. The molecule has 0 spiro atoms. The van der Waals surface area contributed by atoms with Crippen LogP contribution in [0.5, 0.6) is 0 Å². The number of rotatable bonds is 1. The lowest BCUT2D eigenvalue weighted by atomic mass is 10.2. The molecule has 0 radical (unpaired) electrons. The third-order valence-electron chi connectivity index (χ3n) is 1.58. The van der Waals surface area contributed by atoms with Crippen LogP contribution in [0.1, 0.15) is 0 Å². The molecule has 2 aromatic heterocycles. The monoisotopic (exact) mass is 160 g/mol. The van der Waals surface area contributed by atoms with E-state index in [2.05, 4.69) is 15.1 Å². The van der Waals surface area contributed by atoms with E-state index in [1.54, 1.807) is 17.1 Å². The molecule has 0 unspecified atom stereocenters. The molecule has 12 heavy (non-hydrogen) atoms. The minimum absolute atomic E-state index is 0.901. The van der Waals surface area contributed by atoms with Gasteiger partial charge in [-0.05, 0) is 6.07 Å². The van der Waals surface area contributed by atoms with Gasteiger partial charge in [-0.2, -0.15) is 5.10 Å². The Hall–Kier alpha value is -1.71. The Morgan fingerprint density at radius 3 is 2.92 bits per heavy atom. The highest BCUT2D eigenvalue weighted by molar-refractivity contribution is 5.55. The molecule has 0 N–H and O–H groups in total. The molecule has 0 aromatic carbocycles. The van der Waals surface area contributed by atoms with Crippen molar-refractivity contribution >= 4 is 0 Å². The summed E-state index contributed by atoms with van der Waals surface area (Å²) in [6, 6.07) is 1.86. The van der Waals surface area contributed by atoms with E-state index in [0.717, 1.165) is 11.3 Å². The van der Waals surface area contributed by atoms with Crippen molar-refractivity contribution in [2.24, 2.45) is 7.05 Å². The molecule has 0 saturated heterocycles. The molecule has 60 valence electrons. The smallest absolute Gasteiger partial charge is 0.116 e. The molecule has 2 rings (SSSR count). The van der Waals surface area contributed by atoms with Crippen molar-refractivity contribution in [3.63, 3.8) is 0 Å². The van der Waals surface area contributed by atoms with Crippen molar-refractivity contribution < 1.29 is 0 Å². The molecule has 4 nitrogen and oxygen atoms in total. The van der Waals surface area contributed by atoms with Crippen LogP contribution in [0, 0.1) is 0 Å². The molecule has 0 atom stereocenters. The zero-order valence-electron chi connectivity index (χ0n) is 6.68. The largest absolute Gasteiger partial charge is 0.275 e. The summed E-state index contributed by atoms with van der Waals surface area (Å²) >= 11 is 0. The van der Waals surface area contributed by atoms with Crippen LogP contribution in [0.25, 0.3) is 11.3 Å². The number of aromatic nitrogens is 4. The van der Waals surface area contributed by atoms with E-state index in [9.17, 15) is 0 Å². The van der Waals surface area contributed by atoms with E-state index in [1.165, 1.54) is 6.33 Å². The fourth-order valence-electron chi connectivity index (χ4n) is 1.01. The van der Waals surface area contributed by atoms with Crippen molar-refractivity contribution in [1.29, 1.82) is 0 Å². The molecule has 4 heteroatoms. The highest BCUT2D eigenvalue weighted by Crippen LogP contribution is 2.12. The zero-order valence-corrected chi connectivity index (χ0v) is 6.68. The third kappa shape index (κ3) is 1.18.